The van der Waals surface area contributed by atoms with Crippen LogP contribution >= 0.6 is 0 Å². The number of imide groups is 1. The summed E-state index contributed by atoms with van der Waals surface area (Å²) in [5, 5.41) is 0. The Kier molecular flexibility index (Phi) is 11.2. The van der Waals surface area contributed by atoms with Crippen molar-refractivity contribution in [2.75, 3.05) is 6.61 Å². The second kappa shape index (κ2) is 15.5. The Bertz CT molecular complexity index is 1410. The van der Waals surface area contributed by atoms with E-state index in [1.807, 2.05) is 91.0 Å². The molecule has 3 aromatic carbocycles. The molecule has 2 saturated heterocycles. The van der Waals surface area contributed by atoms with Gasteiger partial charge in [0.25, 0.3) is 0 Å². The number of rotatable bonds is 12. The van der Waals surface area contributed by atoms with E-state index in [9.17, 15) is 14.4 Å². The molecule has 2 aliphatic heterocycles. The maximum absolute atomic E-state index is 13.2. The fourth-order valence-electron chi connectivity index (χ4n) is 5.41. The molecule has 0 unspecified atom stereocenters. The fraction of sp³-hybridized carbons (Fsp3) is 0.417. The van der Waals surface area contributed by atoms with Gasteiger partial charge in [0.15, 0.2) is 12.3 Å². The third kappa shape index (κ3) is 9.01. The highest BCUT2D eigenvalue weighted by Gasteiger charge is 2.54. The van der Waals surface area contributed by atoms with Crippen LogP contribution in [0.3, 0.4) is 0 Å². The Morgan fingerprint density at radius 3 is 1.70 bits per heavy atom. The molecule has 5 rings (SSSR count). The molecule has 0 radical (unpaired) electrons. The highest BCUT2D eigenvalue weighted by atomic mass is 16.8. The van der Waals surface area contributed by atoms with Gasteiger partial charge in [-0.05, 0) is 37.5 Å². The minimum atomic E-state index is -1.16. The zero-order valence-corrected chi connectivity index (χ0v) is 26.4. The van der Waals surface area contributed by atoms with Crippen molar-refractivity contribution >= 4 is 18.0 Å². The lowest BCUT2D eigenvalue weighted by atomic mass is 9.96. The van der Waals surface area contributed by atoms with E-state index in [1.165, 1.54) is 0 Å². The number of hydrogen-bond donors (Lipinski definition) is 0. The van der Waals surface area contributed by atoms with Gasteiger partial charge in [0.05, 0.1) is 26.4 Å². The third-order valence-corrected chi connectivity index (χ3v) is 7.54. The van der Waals surface area contributed by atoms with Crippen LogP contribution in [0.1, 0.15) is 50.3 Å². The molecular formula is C36H41NO9. The Labute approximate surface area is 269 Å². The highest BCUT2D eigenvalue weighted by molar-refractivity contribution is 6.02. The van der Waals surface area contributed by atoms with E-state index in [2.05, 4.69) is 0 Å². The summed E-state index contributed by atoms with van der Waals surface area (Å²) >= 11 is 0. The van der Waals surface area contributed by atoms with Crippen molar-refractivity contribution in [3.63, 3.8) is 0 Å². The lowest BCUT2D eigenvalue weighted by molar-refractivity contribution is -0.285. The number of hydrogen-bond acceptors (Lipinski definition) is 9. The largest absolute Gasteiger partial charge is 0.509 e. The van der Waals surface area contributed by atoms with Crippen LogP contribution in [0.5, 0.6) is 0 Å². The minimum absolute atomic E-state index is 0.0360. The molecule has 2 heterocycles. The molecule has 46 heavy (non-hydrogen) atoms. The molecule has 10 nitrogen and oxygen atoms in total. The summed E-state index contributed by atoms with van der Waals surface area (Å²) in [5.74, 6) is -0.749. The third-order valence-electron chi connectivity index (χ3n) is 7.54. The van der Waals surface area contributed by atoms with Gasteiger partial charge in [-0.1, -0.05) is 91.0 Å². The monoisotopic (exact) mass is 631 g/mol. The smallest absolute Gasteiger partial charge is 0.429 e. The first-order valence-corrected chi connectivity index (χ1v) is 15.5. The zero-order chi connectivity index (χ0) is 32.5. The molecule has 0 aromatic heterocycles. The highest BCUT2D eigenvalue weighted by Crippen LogP contribution is 2.34. The standard InChI is InChI=1S/C36H41NO9/c1-36(2,3)46-35(40)45-31-28(24-41-21-25-13-7-4-8-14-25)44-34(37-29(38)19-20-30(37)39)33(43-23-27-17-11-6-12-18-27)32(31)42-22-26-15-9-5-10-16-26/h4-18,28,31-34H,19-24H2,1-3H3/t28-,31-,32+,33+,34+/m1/s1. The van der Waals surface area contributed by atoms with Gasteiger partial charge < -0.3 is 28.4 Å². The Balaban J connectivity index is 1.50. The quantitative estimate of drug-likeness (QED) is 0.187. The van der Waals surface area contributed by atoms with Crippen LogP contribution in [0.25, 0.3) is 0 Å². The Hall–Kier alpha value is -4.09. The van der Waals surface area contributed by atoms with Gasteiger partial charge in [-0.15, -0.1) is 0 Å². The van der Waals surface area contributed by atoms with E-state index < -0.39 is 42.4 Å². The second-order valence-electron chi connectivity index (χ2n) is 12.3. The van der Waals surface area contributed by atoms with Crippen molar-refractivity contribution in [3.8, 4) is 0 Å². The fourth-order valence-corrected chi connectivity index (χ4v) is 5.41. The SMILES string of the molecule is CC(C)(C)OC(=O)O[C@H]1[C@H](OCc2ccccc2)[C@H](OCc2ccccc2)[C@@H](N2C(=O)CCC2=O)O[C@@H]1COCc1ccccc1. The normalized spacial score (nSPS) is 23.4. The first-order valence-electron chi connectivity index (χ1n) is 15.5. The molecule has 0 aliphatic carbocycles. The summed E-state index contributed by atoms with van der Waals surface area (Å²) in [4.78, 5) is 40.5. The molecule has 0 spiro atoms. The van der Waals surface area contributed by atoms with Gasteiger partial charge in [-0.25, -0.2) is 4.79 Å². The lowest BCUT2D eigenvalue weighted by Gasteiger charge is -2.47. The predicted octanol–water partition coefficient (Wildman–Crippen LogP) is 5.57. The summed E-state index contributed by atoms with van der Waals surface area (Å²) in [5.41, 5.74) is 1.84. The predicted molar refractivity (Wildman–Crippen MR) is 167 cm³/mol. The number of carbonyl (C=O) groups excluding carboxylic acids is 3. The molecule has 244 valence electrons. The van der Waals surface area contributed by atoms with E-state index in [0.717, 1.165) is 21.6 Å². The molecule has 0 bridgehead atoms. The number of benzene rings is 3. The molecule has 2 aliphatic rings. The van der Waals surface area contributed by atoms with Crippen LogP contribution in [0.2, 0.25) is 0 Å². The van der Waals surface area contributed by atoms with Crippen LogP contribution in [0.15, 0.2) is 91.0 Å². The summed E-state index contributed by atoms with van der Waals surface area (Å²) in [7, 11) is 0. The lowest BCUT2D eigenvalue weighted by Crippen LogP contribution is -2.66. The van der Waals surface area contributed by atoms with E-state index in [0.29, 0.717) is 0 Å². The van der Waals surface area contributed by atoms with Gasteiger partial charge in [0, 0.05) is 12.8 Å². The first-order chi connectivity index (χ1) is 22.2. The van der Waals surface area contributed by atoms with Gasteiger partial charge >= 0.3 is 6.16 Å². The molecule has 5 atom stereocenters. The van der Waals surface area contributed by atoms with Crippen molar-refractivity contribution in [2.45, 2.75) is 89.7 Å². The first kappa shape index (κ1) is 33.3. The molecule has 2 amide bonds. The maximum atomic E-state index is 13.2. The van der Waals surface area contributed by atoms with Crippen LogP contribution in [-0.4, -0.2) is 65.7 Å². The molecule has 3 aromatic rings. The van der Waals surface area contributed by atoms with E-state index in [4.69, 9.17) is 28.4 Å². The van der Waals surface area contributed by atoms with Crippen molar-refractivity contribution < 1.29 is 42.8 Å². The second-order valence-corrected chi connectivity index (χ2v) is 12.3. The van der Waals surface area contributed by atoms with Crippen molar-refractivity contribution in [3.05, 3.63) is 108 Å². The average Bonchev–Trinajstić information content (AvgIpc) is 3.37. The number of ether oxygens (including phenoxy) is 6. The van der Waals surface area contributed by atoms with Gasteiger partial charge in [0.1, 0.15) is 23.9 Å². The van der Waals surface area contributed by atoms with Gasteiger partial charge in [-0.2, -0.15) is 0 Å². The molecule has 0 saturated carbocycles. The van der Waals surface area contributed by atoms with Crippen LogP contribution in [0, 0.1) is 0 Å². The molecule has 10 heteroatoms. The molecule has 0 N–H and O–H groups in total. The maximum Gasteiger partial charge on any atom is 0.509 e. The number of amides is 2. The van der Waals surface area contributed by atoms with Crippen molar-refractivity contribution in [1.29, 1.82) is 0 Å². The summed E-state index contributed by atoms with van der Waals surface area (Å²) in [6, 6.07) is 28.6. The summed E-state index contributed by atoms with van der Waals surface area (Å²) in [6.45, 7) is 5.70. The van der Waals surface area contributed by atoms with Gasteiger partial charge in [0.2, 0.25) is 11.8 Å². The number of nitrogens with zero attached hydrogens (tertiary/aromatic N) is 1. The zero-order valence-electron chi connectivity index (χ0n) is 26.4. The average molecular weight is 632 g/mol. The topological polar surface area (TPSA) is 110 Å². The number of carbonyl (C=O) groups is 3. The van der Waals surface area contributed by atoms with Crippen LogP contribution in [-0.2, 0) is 57.8 Å². The Morgan fingerprint density at radius 2 is 1.20 bits per heavy atom. The summed E-state index contributed by atoms with van der Waals surface area (Å²) < 4.78 is 37.0. The van der Waals surface area contributed by atoms with E-state index >= 15 is 0 Å². The molecule has 2 fully saturated rings. The van der Waals surface area contributed by atoms with E-state index in [1.54, 1.807) is 20.8 Å². The minimum Gasteiger partial charge on any atom is -0.429 e. The Morgan fingerprint density at radius 1 is 0.717 bits per heavy atom. The van der Waals surface area contributed by atoms with Crippen molar-refractivity contribution in [2.24, 2.45) is 0 Å². The summed E-state index contributed by atoms with van der Waals surface area (Å²) in [6.07, 6.45) is -5.99. The van der Waals surface area contributed by atoms with Crippen molar-refractivity contribution in [1.82, 2.24) is 4.90 Å². The van der Waals surface area contributed by atoms with Crippen LogP contribution < -0.4 is 0 Å². The van der Waals surface area contributed by atoms with Crippen LogP contribution in [0.4, 0.5) is 4.79 Å². The van der Waals surface area contributed by atoms with Gasteiger partial charge in [-0.3, -0.25) is 14.5 Å². The van der Waals surface area contributed by atoms with E-state index in [-0.39, 0.29) is 51.1 Å². The number of likely N-dealkylation sites (tertiary alicyclic amines) is 1. The molecular weight excluding hydrogens is 590 g/mol.